The molecule has 3 N–H and O–H groups in total. The van der Waals surface area contributed by atoms with Crippen molar-refractivity contribution < 1.29 is 24.5 Å². The minimum absolute atomic E-state index is 0.0260. The smallest absolute Gasteiger partial charge is 0.234 e. The Morgan fingerprint density at radius 1 is 1.20 bits per heavy atom. The van der Waals surface area contributed by atoms with E-state index in [9.17, 15) is 15.0 Å². The van der Waals surface area contributed by atoms with Crippen molar-refractivity contribution in [1.82, 2.24) is 10.2 Å². The highest BCUT2D eigenvalue weighted by atomic mass is 16.5. The molecule has 7 heteroatoms. The summed E-state index contributed by atoms with van der Waals surface area (Å²) in [4.78, 5) is 14.3. The van der Waals surface area contributed by atoms with Gasteiger partial charge in [0, 0.05) is 25.0 Å². The van der Waals surface area contributed by atoms with E-state index in [-0.39, 0.29) is 24.5 Å². The van der Waals surface area contributed by atoms with Crippen LogP contribution in [0.4, 0.5) is 0 Å². The minimum Gasteiger partial charge on any atom is -0.493 e. The van der Waals surface area contributed by atoms with E-state index in [1.165, 1.54) is 0 Å². The molecule has 0 aromatic heterocycles. The summed E-state index contributed by atoms with van der Waals surface area (Å²) in [7, 11) is 3.17. The lowest BCUT2D eigenvalue weighted by Gasteiger charge is -2.23. The molecule has 138 valence electrons. The second-order valence-corrected chi connectivity index (χ2v) is 6.92. The number of aliphatic hydroxyl groups is 2. The number of methoxy groups -OCH3 is 2. The molecule has 1 aliphatic heterocycles. The van der Waals surface area contributed by atoms with Gasteiger partial charge in [-0.05, 0) is 29.5 Å². The number of hydrogen-bond donors (Lipinski definition) is 3. The van der Waals surface area contributed by atoms with Crippen LogP contribution in [0.1, 0.15) is 5.56 Å². The quantitative estimate of drug-likeness (QED) is 0.604. The molecule has 1 aromatic carbocycles. The highest BCUT2D eigenvalue weighted by Crippen LogP contribution is 2.61. The standard InChI is InChI=1S/C18H26N2O5/c1-24-15-4-3-12(5-16(15)25-2)6-19-17(23)9-20-7-13-14(8-20)18(13,10-21)11-22/h3-5,13-14,21-22H,6-11H2,1-2H3,(H,19,23). The van der Waals surface area contributed by atoms with E-state index in [2.05, 4.69) is 10.2 Å². The van der Waals surface area contributed by atoms with E-state index < -0.39 is 0 Å². The van der Waals surface area contributed by atoms with Gasteiger partial charge in [-0.2, -0.15) is 0 Å². The van der Waals surface area contributed by atoms with Gasteiger partial charge >= 0.3 is 0 Å². The van der Waals surface area contributed by atoms with Crippen LogP contribution in [0.3, 0.4) is 0 Å². The second-order valence-electron chi connectivity index (χ2n) is 6.92. The first kappa shape index (κ1) is 18.0. The van der Waals surface area contributed by atoms with Crippen molar-refractivity contribution in [2.45, 2.75) is 6.54 Å². The van der Waals surface area contributed by atoms with Crippen LogP contribution in [0.25, 0.3) is 0 Å². The Labute approximate surface area is 147 Å². The van der Waals surface area contributed by atoms with Gasteiger partial charge in [0.15, 0.2) is 11.5 Å². The van der Waals surface area contributed by atoms with Gasteiger partial charge in [-0.15, -0.1) is 0 Å². The van der Waals surface area contributed by atoms with Gasteiger partial charge in [-0.25, -0.2) is 0 Å². The van der Waals surface area contributed by atoms with E-state index in [4.69, 9.17) is 9.47 Å². The number of amides is 1. The zero-order chi connectivity index (χ0) is 18.0. The third kappa shape index (κ3) is 3.31. The minimum atomic E-state index is -0.313. The zero-order valence-electron chi connectivity index (χ0n) is 14.7. The van der Waals surface area contributed by atoms with Crippen molar-refractivity contribution in [2.24, 2.45) is 17.3 Å². The third-order valence-electron chi connectivity index (χ3n) is 5.66. The van der Waals surface area contributed by atoms with Crippen molar-refractivity contribution in [3.8, 4) is 11.5 Å². The maximum atomic E-state index is 12.2. The maximum Gasteiger partial charge on any atom is 0.234 e. The topological polar surface area (TPSA) is 91.3 Å². The first-order valence-corrected chi connectivity index (χ1v) is 8.49. The number of ether oxygens (including phenoxy) is 2. The van der Waals surface area contributed by atoms with Crippen LogP contribution in [0, 0.1) is 17.3 Å². The number of piperidine rings is 1. The fraction of sp³-hybridized carbons (Fsp3) is 0.611. The molecular formula is C18H26N2O5. The number of carbonyl (C=O) groups excluding carboxylic acids is 1. The van der Waals surface area contributed by atoms with Gasteiger partial charge in [-0.1, -0.05) is 6.07 Å². The lowest BCUT2D eigenvalue weighted by atomic mass is 10.0. The van der Waals surface area contributed by atoms with E-state index >= 15 is 0 Å². The van der Waals surface area contributed by atoms with Gasteiger partial charge in [0.2, 0.25) is 5.91 Å². The molecule has 25 heavy (non-hydrogen) atoms. The van der Waals surface area contributed by atoms with Crippen LogP contribution in [0.15, 0.2) is 18.2 Å². The van der Waals surface area contributed by atoms with Gasteiger partial charge < -0.3 is 25.0 Å². The number of likely N-dealkylation sites (tertiary alicyclic amines) is 1. The van der Waals surface area contributed by atoms with Crippen LogP contribution in [-0.4, -0.2) is 68.1 Å². The Balaban J connectivity index is 1.46. The first-order chi connectivity index (χ1) is 12.1. The normalized spacial score (nSPS) is 23.8. The molecule has 2 fully saturated rings. The summed E-state index contributed by atoms with van der Waals surface area (Å²) in [6.45, 7) is 2.34. The van der Waals surface area contributed by atoms with E-state index in [1.807, 2.05) is 18.2 Å². The third-order valence-corrected chi connectivity index (χ3v) is 5.66. The second kappa shape index (κ2) is 7.19. The predicted octanol–water partition coefficient (Wildman–Crippen LogP) is -0.147. The molecular weight excluding hydrogens is 324 g/mol. The number of nitrogens with one attached hydrogen (secondary N) is 1. The van der Waals surface area contributed by atoms with Gasteiger partial charge in [0.25, 0.3) is 0 Å². The van der Waals surface area contributed by atoms with Gasteiger partial charge in [-0.3, -0.25) is 9.69 Å². The summed E-state index contributed by atoms with van der Waals surface area (Å²) < 4.78 is 10.5. The monoisotopic (exact) mass is 350 g/mol. The molecule has 1 aliphatic carbocycles. The largest absolute Gasteiger partial charge is 0.493 e. The molecule has 0 spiro atoms. The Hall–Kier alpha value is -1.83. The summed E-state index contributed by atoms with van der Waals surface area (Å²) in [5.74, 6) is 1.88. The Kier molecular flexibility index (Phi) is 5.17. The molecule has 1 heterocycles. The summed E-state index contributed by atoms with van der Waals surface area (Å²) in [5.41, 5.74) is 0.627. The average Bonchev–Trinajstić information content (AvgIpc) is 3.00. The highest BCUT2D eigenvalue weighted by Gasteiger charge is 2.67. The number of carbonyl (C=O) groups is 1. The van der Waals surface area contributed by atoms with Crippen LogP contribution >= 0.6 is 0 Å². The van der Waals surface area contributed by atoms with Crippen LogP contribution in [0.5, 0.6) is 11.5 Å². The number of benzene rings is 1. The molecule has 2 aliphatic rings. The number of hydrogen-bond acceptors (Lipinski definition) is 6. The molecule has 1 aromatic rings. The Bertz CT molecular complexity index is 618. The zero-order valence-corrected chi connectivity index (χ0v) is 14.7. The molecule has 0 radical (unpaired) electrons. The van der Waals surface area contributed by atoms with E-state index in [1.54, 1.807) is 14.2 Å². The summed E-state index contributed by atoms with van der Waals surface area (Å²) in [6, 6.07) is 5.56. The van der Waals surface area contributed by atoms with Crippen LogP contribution in [0.2, 0.25) is 0 Å². The maximum absolute atomic E-state index is 12.2. The molecule has 0 bridgehead atoms. The first-order valence-electron chi connectivity index (χ1n) is 8.49. The van der Waals surface area contributed by atoms with Crippen LogP contribution < -0.4 is 14.8 Å². The van der Waals surface area contributed by atoms with Gasteiger partial charge in [0.1, 0.15) is 0 Å². The number of fused-ring (bicyclic) bond motifs is 1. The Morgan fingerprint density at radius 2 is 1.84 bits per heavy atom. The van der Waals surface area contributed by atoms with Crippen molar-refractivity contribution in [3.63, 3.8) is 0 Å². The van der Waals surface area contributed by atoms with Crippen molar-refractivity contribution in [1.29, 1.82) is 0 Å². The molecule has 2 unspecified atom stereocenters. The fourth-order valence-electron chi connectivity index (χ4n) is 4.02. The van der Waals surface area contributed by atoms with Crippen LogP contribution in [-0.2, 0) is 11.3 Å². The molecule has 2 atom stereocenters. The average molecular weight is 350 g/mol. The molecule has 7 nitrogen and oxygen atoms in total. The van der Waals surface area contributed by atoms with E-state index in [0.717, 1.165) is 18.7 Å². The molecule has 3 rings (SSSR count). The van der Waals surface area contributed by atoms with E-state index in [0.29, 0.717) is 36.4 Å². The molecule has 1 saturated heterocycles. The summed E-state index contributed by atoms with van der Waals surface area (Å²) in [6.07, 6.45) is 0. The molecule has 1 amide bonds. The predicted molar refractivity (Wildman–Crippen MR) is 91.4 cm³/mol. The summed E-state index contributed by atoms with van der Waals surface area (Å²) >= 11 is 0. The number of rotatable bonds is 8. The van der Waals surface area contributed by atoms with Crippen molar-refractivity contribution in [3.05, 3.63) is 23.8 Å². The summed E-state index contributed by atoms with van der Waals surface area (Å²) in [5, 5.41) is 21.8. The Morgan fingerprint density at radius 3 is 2.40 bits per heavy atom. The van der Waals surface area contributed by atoms with Gasteiger partial charge in [0.05, 0.1) is 34.0 Å². The lowest BCUT2D eigenvalue weighted by molar-refractivity contribution is -0.122. The SMILES string of the molecule is COc1ccc(CNC(=O)CN2CC3C(C2)C3(CO)CO)cc1OC. The molecule has 1 saturated carbocycles. The van der Waals surface area contributed by atoms with Crippen molar-refractivity contribution >= 4 is 5.91 Å². The fourth-order valence-corrected chi connectivity index (χ4v) is 4.02. The number of nitrogens with zero attached hydrogens (tertiary/aromatic N) is 1. The highest BCUT2D eigenvalue weighted by molar-refractivity contribution is 5.78. The lowest BCUT2D eigenvalue weighted by Crippen LogP contribution is -2.39. The van der Waals surface area contributed by atoms with Crippen molar-refractivity contribution in [2.75, 3.05) is 47.1 Å². The number of aliphatic hydroxyl groups excluding tert-OH is 2.